The van der Waals surface area contributed by atoms with Gasteiger partial charge >= 0.3 is 5.97 Å². The summed E-state index contributed by atoms with van der Waals surface area (Å²) in [6.07, 6.45) is 1.72. The van der Waals surface area contributed by atoms with Crippen LogP contribution in [0.3, 0.4) is 0 Å². The Morgan fingerprint density at radius 2 is 1.90 bits per heavy atom. The first kappa shape index (κ1) is 14.6. The summed E-state index contributed by atoms with van der Waals surface area (Å²) in [5.74, 6) is -0.553. The Labute approximate surface area is 118 Å². The topological polar surface area (TPSA) is 75.4 Å². The van der Waals surface area contributed by atoms with E-state index in [4.69, 9.17) is 5.11 Å². The number of carbonyl (C=O) groups is 2. The van der Waals surface area contributed by atoms with Crippen molar-refractivity contribution >= 4 is 11.9 Å². The summed E-state index contributed by atoms with van der Waals surface area (Å²) in [7, 11) is 1.83. The largest absolute Gasteiger partial charge is 0.481 e. The Hall–Kier alpha value is -1.85. The minimum atomic E-state index is -0.756. The van der Waals surface area contributed by atoms with Gasteiger partial charge in [-0.2, -0.15) is 5.10 Å². The number of hydrogen-bond donors (Lipinski definition) is 1. The van der Waals surface area contributed by atoms with Crippen LogP contribution in [-0.4, -0.2) is 44.8 Å². The van der Waals surface area contributed by atoms with E-state index >= 15 is 0 Å². The van der Waals surface area contributed by atoms with Crippen molar-refractivity contribution in [2.45, 2.75) is 33.1 Å². The second-order valence-corrected chi connectivity index (χ2v) is 5.50. The molecule has 0 bridgehead atoms. The van der Waals surface area contributed by atoms with Crippen LogP contribution in [0.2, 0.25) is 0 Å². The Balaban J connectivity index is 2.03. The van der Waals surface area contributed by atoms with Crippen LogP contribution in [0.15, 0.2) is 0 Å². The lowest BCUT2D eigenvalue weighted by atomic mass is 9.93. The number of nitrogens with zero attached hydrogens (tertiary/aromatic N) is 3. The highest BCUT2D eigenvalue weighted by atomic mass is 16.4. The summed E-state index contributed by atoms with van der Waals surface area (Å²) < 4.78 is 1.72. The fourth-order valence-electron chi connectivity index (χ4n) is 2.83. The predicted molar refractivity (Wildman–Crippen MR) is 73.6 cm³/mol. The SMILES string of the molecule is Cc1nn(C)c(C)c1C(=O)N1CCC(CC(=O)O)CC1. The number of carboxylic acids is 1. The second kappa shape index (κ2) is 5.64. The van der Waals surface area contributed by atoms with Crippen LogP contribution in [0.25, 0.3) is 0 Å². The monoisotopic (exact) mass is 279 g/mol. The Bertz CT molecular complexity index is 528. The van der Waals surface area contributed by atoms with E-state index in [0.717, 1.165) is 24.2 Å². The number of aromatic nitrogens is 2. The number of rotatable bonds is 3. The molecule has 1 aromatic heterocycles. The van der Waals surface area contributed by atoms with Crippen molar-refractivity contribution in [2.75, 3.05) is 13.1 Å². The van der Waals surface area contributed by atoms with Gasteiger partial charge in [-0.15, -0.1) is 0 Å². The molecule has 6 heteroatoms. The molecule has 1 aliphatic rings. The van der Waals surface area contributed by atoms with Crippen LogP contribution in [0.1, 0.15) is 41.0 Å². The van der Waals surface area contributed by atoms with E-state index in [2.05, 4.69) is 5.10 Å². The van der Waals surface area contributed by atoms with Crippen LogP contribution < -0.4 is 0 Å². The summed E-state index contributed by atoms with van der Waals surface area (Å²) in [4.78, 5) is 25.1. The lowest BCUT2D eigenvalue weighted by Crippen LogP contribution is -2.39. The molecule has 1 aliphatic heterocycles. The van der Waals surface area contributed by atoms with E-state index < -0.39 is 5.97 Å². The van der Waals surface area contributed by atoms with Crippen LogP contribution in [0.5, 0.6) is 0 Å². The number of hydrogen-bond acceptors (Lipinski definition) is 3. The molecule has 0 spiro atoms. The molecular formula is C14H21N3O3. The minimum Gasteiger partial charge on any atom is -0.481 e. The average Bonchev–Trinajstić information content (AvgIpc) is 2.63. The minimum absolute atomic E-state index is 0.0156. The summed E-state index contributed by atoms with van der Waals surface area (Å²) in [5, 5.41) is 13.1. The molecule has 0 atom stereocenters. The smallest absolute Gasteiger partial charge is 0.303 e. The van der Waals surface area contributed by atoms with Crippen molar-refractivity contribution in [2.24, 2.45) is 13.0 Å². The first-order valence-corrected chi connectivity index (χ1v) is 6.91. The molecule has 0 radical (unpaired) electrons. The highest BCUT2D eigenvalue weighted by molar-refractivity contribution is 5.96. The van der Waals surface area contributed by atoms with Crippen molar-refractivity contribution < 1.29 is 14.7 Å². The third kappa shape index (κ3) is 2.84. The second-order valence-electron chi connectivity index (χ2n) is 5.50. The highest BCUT2D eigenvalue weighted by Gasteiger charge is 2.27. The fourth-order valence-corrected chi connectivity index (χ4v) is 2.83. The molecule has 1 amide bonds. The van der Waals surface area contributed by atoms with Gasteiger partial charge in [0.15, 0.2) is 0 Å². The van der Waals surface area contributed by atoms with Crippen molar-refractivity contribution in [3.05, 3.63) is 17.0 Å². The average molecular weight is 279 g/mol. The zero-order chi connectivity index (χ0) is 14.9. The molecule has 0 saturated carbocycles. The number of amides is 1. The van der Waals surface area contributed by atoms with Crippen molar-refractivity contribution in [3.63, 3.8) is 0 Å². The first-order chi connectivity index (χ1) is 9.40. The zero-order valence-corrected chi connectivity index (χ0v) is 12.2. The molecule has 0 aromatic carbocycles. The third-order valence-electron chi connectivity index (χ3n) is 4.09. The predicted octanol–water partition coefficient (Wildman–Crippen LogP) is 1.36. The summed E-state index contributed by atoms with van der Waals surface area (Å²) in [6, 6.07) is 0. The summed E-state index contributed by atoms with van der Waals surface area (Å²) in [5.41, 5.74) is 2.31. The summed E-state index contributed by atoms with van der Waals surface area (Å²) in [6.45, 7) is 5.00. The van der Waals surface area contributed by atoms with Crippen molar-refractivity contribution in [3.8, 4) is 0 Å². The van der Waals surface area contributed by atoms with Gasteiger partial charge < -0.3 is 10.0 Å². The van der Waals surface area contributed by atoms with Crippen LogP contribution in [0, 0.1) is 19.8 Å². The first-order valence-electron chi connectivity index (χ1n) is 6.91. The molecule has 110 valence electrons. The van der Waals surface area contributed by atoms with Gasteiger partial charge in [0, 0.05) is 32.3 Å². The molecule has 1 saturated heterocycles. The lowest BCUT2D eigenvalue weighted by Gasteiger charge is -2.31. The maximum Gasteiger partial charge on any atom is 0.303 e. The molecular weight excluding hydrogens is 258 g/mol. The zero-order valence-electron chi connectivity index (χ0n) is 12.2. The molecule has 1 fully saturated rings. The van der Waals surface area contributed by atoms with Gasteiger partial charge in [-0.05, 0) is 32.6 Å². The van der Waals surface area contributed by atoms with Crippen LogP contribution in [-0.2, 0) is 11.8 Å². The van der Waals surface area contributed by atoms with E-state index in [-0.39, 0.29) is 18.2 Å². The van der Waals surface area contributed by atoms with Crippen molar-refractivity contribution in [1.29, 1.82) is 0 Å². The van der Waals surface area contributed by atoms with Gasteiger partial charge in [-0.1, -0.05) is 0 Å². The van der Waals surface area contributed by atoms with E-state index in [1.807, 2.05) is 25.8 Å². The maximum absolute atomic E-state index is 12.5. The Morgan fingerprint density at radius 1 is 1.30 bits per heavy atom. The number of carboxylic acid groups (broad SMARTS) is 1. The van der Waals surface area contributed by atoms with Gasteiger partial charge in [-0.25, -0.2) is 0 Å². The van der Waals surface area contributed by atoms with Crippen LogP contribution >= 0.6 is 0 Å². The van der Waals surface area contributed by atoms with Crippen molar-refractivity contribution in [1.82, 2.24) is 14.7 Å². The van der Waals surface area contributed by atoms with E-state index in [1.165, 1.54) is 0 Å². The quantitative estimate of drug-likeness (QED) is 0.906. The van der Waals surface area contributed by atoms with Gasteiger partial charge in [0.25, 0.3) is 5.91 Å². The normalized spacial score (nSPS) is 16.4. The number of likely N-dealkylation sites (tertiary alicyclic amines) is 1. The Morgan fingerprint density at radius 3 is 2.35 bits per heavy atom. The number of aryl methyl sites for hydroxylation is 2. The van der Waals surface area contributed by atoms with Gasteiger partial charge in [-0.3, -0.25) is 14.3 Å². The van der Waals surface area contributed by atoms with Gasteiger partial charge in [0.2, 0.25) is 0 Å². The fraction of sp³-hybridized carbons (Fsp3) is 0.643. The van der Waals surface area contributed by atoms with E-state index in [1.54, 1.807) is 4.68 Å². The van der Waals surface area contributed by atoms with Gasteiger partial charge in [0.1, 0.15) is 0 Å². The summed E-state index contributed by atoms with van der Waals surface area (Å²) >= 11 is 0. The molecule has 0 aliphatic carbocycles. The van der Waals surface area contributed by atoms with E-state index in [0.29, 0.717) is 18.7 Å². The molecule has 2 rings (SSSR count). The molecule has 0 unspecified atom stereocenters. The number of aliphatic carboxylic acids is 1. The molecule has 2 heterocycles. The maximum atomic E-state index is 12.5. The van der Waals surface area contributed by atoms with Gasteiger partial charge in [0.05, 0.1) is 11.3 Å². The van der Waals surface area contributed by atoms with Crippen LogP contribution in [0.4, 0.5) is 0 Å². The lowest BCUT2D eigenvalue weighted by molar-refractivity contribution is -0.138. The molecule has 20 heavy (non-hydrogen) atoms. The number of carbonyl (C=O) groups excluding carboxylic acids is 1. The molecule has 1 N–H and O–H groups in total. The standard InChI is InChI=1S/C14H21N3O3/c1-9-13(10(2)16(3)15-9)14(20)17-6-4-11(5-7-17)8-12(18)19/h11H,4-8H2,1-3H3,(H,18,19). The molecule has 1 aromatic rings. The third-order valence-corrected chi connectivity index (χ3v) is 4.09. The Kier molecular flexibility index (Phi) is 4.11. The van der Waals surface area contributed by atoms with E-state index in [9.17, 15) is 9.59 Å². The molecule has 6 nitrogen and oxygen atoms in total. The number of piperidine rings is 1. The highest BCUT2D eigenvalue weighted by Crippen LogP contribution is 2.23.